The van der Waals surface area contributed by atoms with E-state index < -0.39 is 5.92 Å². The maximum Gasteiger partial charge on any atom is 0.258 e. The molecule has 4 N–H and O–H groups in total. The molecule has 23 heavy (non-hydrogen) atoms. The molecule has 3 rings (SSSR count). The molecule has 0 saturated heterocycles. The first kappa shape index (κ1) is 15.5. The smallest absolute Gasteiger partial charge is 0.258 e. The standard InChI is InChI=1S/C16H15BrN4O2/c1-7-11(8(2)22)12(9-4-3-5-10(17)6-9)13-14(19-7)20-16(18)21-15(13)23/h3-6,12H,1-2H3,(H4,18,19,20,21,23). The molecule has 0 radical (unpaired) electrons. The Morgan fingerprint density at radius 1 is 1.39 bits per heavy atom. The Bertz CT molecular complexity index is 901. The van der Waals surface area contributed by atoms with Crippen molar-refractivity contribution in [2.75, 3.05) is 11.1 Å². The number of hydrogen-bond donors (Lipinski definition) is 3. The summed E-state index contributed by atoms with van der Waals surface area (Å²) in [6.07, 6.45) is 0. The van der Waals surface area contributed by atoms with E-state index in [1.807, 2.05) is 24.3 Å². The summed E-state index contributed by atoms with van der Waals surface area (Å²) in [5.74, 6) is -0.160. The molecule has 1 atom stereocenters. The molecule has 1 aliphatic rings. The van der Waals surface area contributed by atoms with E-state index in [9.17, 15) is 9.59 Å². The van der Waals surface area contributed by atoms with Crippen LogP contribution in [0.1, 0.15) is 30.9 Å². The Morgan fingerprint density at radius 3 is 2.78 bits per heavy atom. The number of halogens is 1. The van der Waals surface area contributed by atoms with Gasteiger partial charge in [0.1, 0.15) is 5.82 Å². The number of hydrogen-bond acceptors (Lipinski definition) is 5. The average Bonchev–Trinajstić information content (AvgIpc) is 2.44. The highest BCUT2D eigenvalue weighted by Gasteiger charge is 2.33. The first-order valence-corrected chi connectivity index (χ1v) is 7.81. The Labute approximate surface area is 141 Å². The van der Waals surface area contributed by atoms with Crippen LogP contribution in [-0.4, -0.2) is 15.8 Å². The van der Waals surface area contributed by atoms with Crippen molar-refractivity contribution in [3.63, 3.8) is 0 Å². The fourth-order valence-electron chi connectivity index (χ4n) is 2.96. The SMILES string of the molecule is CC(=O)C1=C(C)Nc2nc(N)[nH]c(=O)c2C1c1cccc(Br)c1. The minimum Gasteiger partial charge on any atom is -0.369 e. The van der Waals surface area contributed by atoms with Gasteiger partial charge in [0.2, 0.25) is 5.95 Å². The summed E-state index contributed by atoms with van der Waals surface area (Å²) in [4.78, 5) is 31.3. The number of carbonyl (C=O) groups excluding carboxylic acids is 1. The van der Waals surface area contributed by atoms with E-state index in [0.29, 0.717) is 22.7 Å². The Morgan fingerprint density at radius 2 is 2.13 bits per heavy atom. The van der Waals surface area contributed by atoms with Gasteiger partial charge in [-0.25, -0.2) is 0 Å². The molecule has 1 aliphatic heterocycles. The molecule has 118 valence electrons. The molecule has 2 aromatic rings. The normalized spacial score (nSPS) is 16.7. The second-order valence-electron chi connectivity index (χ2n) is 5.42. The molecule has 1 aromatic carbocycles. The van der Waals surface area contributed by atoms with E-state index in [0.717, 1.165) is 10.0 Å². The summed E-state index contributed by atoms with van der Waals surface area (Å²) in [5.41, 5.74) is 7.74. The third-order valence-corrected chi connectivity index (χ3v) is 4.32. The number of fused-ring (bicyclic) bond motifs is 1. The molecule has 0 fully saturated rings. The summed E-state index contributed by atoms with van der Waals surface area (Å²) < 4.78 is 0.871. The highest BCUT2D eigenvalue weighted by Crippen LogP contribution is 2.40. The number of nitrogens with two attached hydrogens (primary N) is 1. The van der Waals surface area contributed by atoms with Crippen LogP contribution in [0.3, 0.4) is 0 Å². The topological polar surface area (TPSA) is 101 Å². The highest BCUT2D eigenvalue weighted by atomic mass is 79.9. The average molecular weight is 375 g/mol. The van der Waals surface area contributed by atoms with E-state index >= 15 is 0 Å². The molecule has 0 bridgehead atoms. The van der Waals surface area contributed by atoms with Crippen LogP contribution in [-0.2, 0) is 4.79 Å². The number of aromatic amines is 1. The summed E-state index contributed by atoms with van der Waals surface area (Å²) in [6.45, 7) is 3.29. The van der Waals surface area contributed by atoms with E-state index in [4.69, 9.17) is 5.73 Å². The van der Waals surface area contributed by atoms with Crippen molar-refractivity contribution in [3.05, 3.63) is 61.5 Å². The van der Waals surface area contributed by atoms with Gasteiger partial charge in [-0.1, -0.05) is 28.1 Å². The zero-order valence-corrected chi connectivity index (χ0v) is 14.2. The van der Waals surface area contributed by atoms with Crippen molar-refractivity contribution in [1.29, 1.82) is 0 Å². The van der Waals surface area contributed by atoms with Crippen molar-refractivity contribution in [2.24, 2.45) is 0 Å². The number of Topliss-reactive ketones (excluding diaryl/α,β-unsaturated/α-hetero) is 1. The van der Waals surface area contributed by atoms with Gasteiger partial charge in [0, 0.05) is 21.7 Å². The number of rotatable bonds is 2. The lowest BCUT2D eigenvalue weighted by molar-refractivity contribution is -0.113. The van der Waals surface area contributed by atoms with Crippen molar-refractivity contribution < 1.29 is 4.79 Å². The zero-order chi connectivity index (χ0) is 16.7. The summed E-state index contributed by atoms with van der Waals surface area (Å²) in [7, 11) is 0. The van der Waals surface area contributed by atoms with Gasteiger partial charge in [-0.05, 0) is 31.5 Å². The molecule has 0 spiro atoms. The van der Waals surface area contributed by atoms with E-state index in [1.165, 1.54) is 6.92 Å². The number of anilines is 2. The fourth-order valence-corrected chi connectivity index (χ4v) is 3.37. The number of benzene rings is 1. The van der Waals surface area contributed by atoms with E-state index in [2.05, 4.69) is 31.2 Å². The van der Waals surface area contributed by atoms with Gasteiger partial charge in [-0.2, -0.15) is 4.98 Å². The fraction of sp³-hybridized carbons (Fsp3) is 0.188. The van der Waals surface area contributed by atoms with Crippen molar-refractivity contribution >= 4 is 33.5 Å². The quantitative estimate of drug-likeness (QED) is 0.749. The molecule has 0 aliphatic carbocycles. The second kappa shape index (κ2) is 5.66. The van der Waals surface area contributed by atoms with Gasteiger partial charge in [0.05, 0.1) is 5.56 Å². The van der Waals surface area contributed by atoms with E-state index in [1.54, 1.807) is 6.92 Å². The summed E-state index contributed by atoms with van der Waals surface area (Å²) in [6, 6.07) is 7.54. The number of nitrogens with one attached hydrogen (secondary N) is 2. The molecule has 1 unspecified atom stereocenters. The minimum atomic E-state index is -0.488. The Kier molecular flexibility index (Phi) is 3.81. The largest absolute Gasteiger partial charge is 0.369 e. The van der Waals surface area contributed by atoms with Crippen molar-refractivity contribution in [1.82, 2.24) is 9.97 Å². The Balaban J connectivity index is 2.33. The highest BCUT2D eigenvalue weighted by molar-refractivity contribution is 9.10. The van der Waals surface area contributed by atoms with E-state index in [-0.39, 0.29) is 17.3 Å². The predicted molar refractivity (Wildman–Crippen MR) is 92.3 cm³/mol. The molecule has 0 saturated carbocycles. The maximum atomic E-state index is 12.5. The van der Waals surface area contributed by atoms with Crippen LogP contribution < -0.4 is 16.6 Å². The molecule has 7 heteroatoms. The summed E-state index contributed by atoms with van der Waals surface area (Å²) in [5, 5.41) is 3.02. The number of ketones is 1. The third-order valence-electron chi connectivity index (χ3n) is 3.82. The lowest BCUT2D eigenvalue weighted by atomic mass is 9.81. The van der Waals surface area contributed by atoms with Gasteiger partial charge in [-0.3, -0.25) is 14.6 Å². The second-order valence-corrected chi connectivity index (χ2v) is 6.34. The number of nitrogen functional groups attached to an aromatic ring is 1. The van der Waals surface area contributed by atoms with Gasteiger partial charge >= 0.3 is 0 Å². The van der Waals surface area contributed by atoms with Crippen LogP contribution in [0.2, 0.25) is 0 Å². The van der Waals surface area contributed by atoms with Crippen LogP contribution in [0, 0.1) is 0 Å². The Hall–Kier alpha value is -2.41. The van der Waals surface area contributed by atoms with Crippen molar-refractivity contribution in [3.8, 4) is 0 Å². The first-order valence-electron chi connectivity index (χ1n) is 7.02. The number of carbonyl (C=O) groups is 1. The van der Waals surface area contributed by atoms with Crippen LogP contribution in [0.25, 0.3) is 0 Å². The van der Waals surface area contributed by atoms with Gasteiger partial charge in [0.25, 0.3) is 5.56 Å². The number of allylic oxidation sites excluding steroid dienone is 2. The van der Waals surface area contributed by atoms with Crippen molar-refractivity contribution in [2.45, 2.75) is 19.8 Å². The van der Waals surface area contributed by atoms with Gasteiger partial charge in [-0.15, -0.1) is 0 Å². The molecular formula is C16H15BrN4O2. The van der Waals surface area contributed by atoms with Crippen LogP contribution in [0.4, 0.5) is 11.8 Å². The maximum absolute atomic E-state index is 12.5. The molecular weight excluding hydrogens is 360 g/mol. The third kappa shape index (κ3) is 2.68. The lowest BCUT2D eigenvalue weighted by Crippen LogP contribution is -2.30. The zero-order valence-electron chi connectivity index (χ0n) is 12.6. The van der Waals surface area contributed by atoms with Crippen LogP contribution in [0.15, 0.2) is 44.8 Å². The number of aromatic nitrogens is 2. The number of H-pyrrole nitrogens is 1. The van der Waals surface area contributed by atoms with Gasteiger partial charge < -0.3 is 11.1 Å². The van der Waals surface area contributed by atoms with Gasteiger partial charge in [0.15, 0.2) is 5.78 Å². The molecule has 1 aromatic heterocycles. The van der Waals surface area contributed by atoms with Crippen LogP contribution >= 0.6 is 15.9 Å². The minimum absolute atomic E-state index is 0.0355. The first-order chi connectivity index (χ1) is 10.9. The molecule has 2 heterocycles. The molecule has 6 nitrogen and oxygen atoms in total. The monoisotopic (exact) mass is 374 g/mol. The molecule has 0 amide bonds. The summed E-state index contributed by atoms with van der Waals surface area (Å²) >= 11 is 3.43. The van der Waals surface area contributed by atoms with Crippen LogP contribution in [0.5, 0.6) is 0 Å². The lowest BCUT2D eigenvalue weighted by Gasteiger charge is -2.28. The predicted octanol–water partition coefficient (Wildman–Crippen LogP) is 2.54. The number of nitrogens with zero attached hydrogens (tertiary/aromatic N) is 1.